The SMILES string of the molecule is COc1ccc(C[C@@H]2c3cc(OC)c(OC)cc3CCN2C(=O)Nc2ccccc2F)cc1OC. The van der Waals surface area contributed by atoms with Crippen LogP contribution in [0.1, 0.15) is 22.7 Å². The van der Waals surface area contributed by atoms with Crippen molar-refractivity contribution >= 4 is 11.7 Å². The summed E-state index contributed by atoms with van der Waals surface area (Å²) in [7, 11) is 6.35. The largest absolute Gasteiger partial charge is 0.493 e. The summed E-state index contributed by atoms with van der Waals surface area (Å²) in [6.45, 7) is 0.459. The summed E-state index contributed by atoms with van der Waals surface area (Å²) in [5.74, 6) is 1.97. The summed E-state index contributed by atoms with van der Waals surface area (Å²) >= 11 is 0. The number of halogens is 1. The van der Waals surface area contributed by atoms with Gasteiger partial charge in [-0.25, -0.2) is 9.18 Å². The van der Waals surface area contributed by atoms with Crippen LogP contribution in [-0.2, 0) is 12.8 Å². The van der Waals surface area contributed by atoms with Gasteiger partial charge in [0.05, 0.1) is 40.2 Å². The molecule has 7 nitrogen and oxygen atoms in total. The van der Waals surface area contributed by atoms with Crippen LogP contribution >= 0.6 is 0 Å². The number of carbonyl (C=O) groups is 1. The van der Waals surface area contributed by atoms with Gasteiger partial charge in [-0.15, -0.1) is 0 Å². The van der Waals surface area contributed by atoms with E-state index in [4.69, 9.17) is 18.9 Å². The third-order valence-corrected chi connectivity index (χ3v) is 6.26. The van der Waals surface area contributed by atoms with E-state index in [9.17, 15) is 9.18 Å². The Bertz CT molecular complexity index is 1220. The molecular formula is C27H29FN2O5. The van der Waals surface area contributed by atoms with Crippen molar-refractivity contribution in [2.24, 2.45) is 0 Å². The first-order valence-corrected chi connectivity index (χ1v) is 11.3. The molecule has 1 N–H and O–H groups in total. The number of ether oxygens (including phenoxy) is 4. The Morgan fingerprint density at radius 2 is 1.57 bits per heavy atom. The second-order valence-corrected chi connectivity index (χ2v) is 8.17. The zero-order valence-electron chi connectivity index (χ0n) is 20.3. The monoisotopic (exact) mass is 480 g/mol. The molecule has 3 aromatic carbocycles. The first-order chi connectivity index (χ1) is 17.0. The minimum absolute atomic E-state index is 0.139. The smallest absolute Gasteiger partial charge is 0.322 e. The highest BCUT2D eigenvalue weighted by molar-refractivity contribution is 5.90. The first-order valence-electron chi connectivity index (χ1n) is 11.3. The Hall–Kier alpha value is -3.94. The van der Waals surface area contributed by atoms with Crippen LogP contribution in [0, 0.1) is 5.82 Å². The van der Waals surface area contributed by atoms with Crippen LogP contribution in [-0.4, -0.2) is 45.9 Å². The van der Waals surface area contributed by atoms with Gasteiger partial charge in [0.25, 0.3) is 0 Å². The van der Waals surface area contributed by atoms with Crippen LogP contribution < -0.4 is 24.3 Å². The van der Waals surface area contributed by atoms with E-state index in [1.54, 1.807) is 51.5 Å². The molecule has 1 atom stereocenters. The van der Waals surface area contributed by atoms with E-state index in [1.165, 1.54) is 6.07 Å². The fraction of sp³-hybridized carbons (Fsp3) is 0.296. The Morgan fingerprint density at radius 1 is 0.914 bits per heavy atom. The predicted molar refractivity (Wildman–Crippen MR) is 131 cm³/mol. The molecular weight excluding hydrogens is 451 g/mol. The summed E-state index contributed by atoms with van der Waals surface area (Å²) < 4.78 is 36.1. The third kappa shape index (κ3) is 4.96. The van der Waals surface area contributed by atoms with Crippen molar-refractivity contribution in [3.05, 3.63) is 77.1 Å². The number of anilines is 1. The summed E-state index contributed by atoms with van der Waals surface area (Å²) in [4.78, 5) is 15.1. The zero-order valence-corrected chi connectivity index (χ0v) is 20.3. The van der Waals surface area contributed by atoms with E-state index in [2.05, 4.69) is 5.32 Å². The van der Waals surface area contributed by atoms with Gasteiger partial charge >= 0.3 is 6.03 Å². The number of carbonyl (C=O) groups excluding carboxylic acids is 1. The van der Waals surface area contributed by atoms with Crippen molar-refractivity contribution in [2.75, 3.05) is 40.3 Å². The van der Waals surface area contributed by atoms with Crippen molar-refractivity contribution in [3.8, 4) is 23.0 Å². The predicted octanol–water partition coefficient (Wildman–Crippen LogP) is 5.23. The number of nitrogens with one attached hydrogen (secondary N) is 1. The van der Waals surface area contributed by atoms with Crippen molar-refractivity contribution in [1.82, 2.24) is 4.90 Å². The number of urea groups is 1. The van der Waals surface area contributed by atoms with Crippen molar-refractivity contribution in [3.63, 3.8) is 0 Å². The van der Waals surface area contributed by atoms with Gasteiger partial charge in [-0.1, -0.05) is 18.2 Å². The average Bonchev–Trinajstić information content (AvgIpc) is 2.89. The zero-order chi connectivity index (χ0) is 24.9. The van der Waals surface area contributed by atoms with Crippen LogP contribution in [0.25, 0.3) is 0 Å². The van der Waals surface area contributed by atoms with E-state index in [-0.39, 0.29) is 17.8 Å². The maximum absolute atomic E-state index is 14.2. The Kier molecular flexibility index (Phi) is 7.29. The minimum atomic E-state index is -0.485. The molecule has 0 bridgehead atoms. The first kappa shape index (κ1) is 24.2. The highest BCUT2D eigenvalue weighted by Gasteiger charge is 2.33. The number of nitrogens with zero attached hydrogens (tertiary/aromatic N) is 1. The van der Waals surface area contributed by atoms with Gasteiger partial charge < -0.3 is 29.2 Å². The van der Waals surface area contributed by atoms with Gasteiger partial charge in [0.1, 0.15) is 5.82 Å². The summed E-state index contributed by atoms with van der Waals surface area (Å²) in [5.41, 5.74) is 3.12. The number of methoxy groups -OCH3 is 4. The summed E-state index contributed by atoms with van der Waals surface area (Å²) in [6, 6.07) is 15.0. The number of fused-ring (bicyclic) bond motifs is 1. The van der Waals surface area contributed by atoms with Gasteiger partial charge in [0, 0.05) is 6.54 Å². The second-order valence-electron chi connectivity index (χ2n) is 8.17. The molecule has 0 spiro atoms. The maximum atomic E-state index is 14.2. The molecule has 0 saturated carbocycles. The number of para-hydroxylation sites is 1. The highest BCUT2D eigenvalue weighted by atomic mass is 19.1. The van der Waals surface area contributed by atoms with Gasteiger partial charge in [-0.05, 0) is 65.9 Å². The minimum Gasteiger partial charge on any atom is -0.493 e. The fourth-order valence-corrected chi connectivity index (χ4v) is 4.47. The summed E-state index contributed by atoms with van der Waals surface area (Å²) in [5, 5.41) is 2.73. The van der Waals surface area contributed by atoms with E-state index in [1.807, 2.05) is 30.3 Å². The number of amides is 2. The third-order valence-electron chi connectivity index (χ3n) is 6.26. The standard InChI is InChI=1S/C27H29FN2O5/c1-32-23-10-9-17(14-24(23)33-2)13-22-19-16-26(35-4)25(34-3)15-18(19)11-12-30(22)27(31)29-21-8-6-5-7-20(21)28/h5-10,14-16,22H,11-13H2,1-4H3,(H,29,31)/t22-/m1/s1. The lowest BCUT2D eigenvalue weighted by Crippen LogP contribution is -2.43. The van der Waals surface area contributed by atoms with Crippen LogP contribution in [0.4, 0.5) is 14.9 Å². The number of benzene rings is 3. The Balaban J connectivity index is 1.73. The molecule has 1 aliphatic rings. The van der Waals surface area contributed by atoms with Gasteiger partial charge in [-0.2, -0.15) is 0 Å². The van der Waals surface area contributed by atoms with Gasteiger partial charge in [0.2, 0.25) is 0 Å². The summed E-state index contributed by atoms with van der Waals surface area (Å²) in [6.07, 6.45) is 1.14. The molecule has 1 aliphatic heterocycles. The average molecular weight is 481 g/mol. The van der Waals surface area contributed by atoms with Gasteiger partial charge in [-0.3, -0.25) is 0 Å². The quantitative estimate of drug-likeness (QED) is 0.501. The molecule has 0 fully saturated rings. The molecule has 35 heavy (non-hydrogen) atoms. The Labute approximate surface area is 204 Å². The molecule has 0 unspecified atom stereocenters. The molecule has 0 radical (unpaired) electrons. The van der Waals surface area contributed by atoms with Crippen LogP contribution in [0.3, 0.4) is 0 Å². The maximum Gasteiger partial charge on any atom is 0.322 e. The van der Waals surface area contributed by atoms with Crippen LogP contribution in [0.2, 0.25) is 0 Å². The van der Waals surface area contributed by atoms with Crippen LogP contribution in [0.5, 0.6) is 23.0 Å². The molecule has 1 heterocycles. The van der Waals surface area contributed by atoms with Crippen LogP contribution in [0.15, 0.2) is 54.6 Å². The lowest BCUT2D eigenvalue weighted by molar-refractivity contribution is 0.181. The molecule has 184 valence electrons. The highest BCUT2D eigenvalue weighted by Crippen LogP contribution is 2.40. The Morgan fingerprint density at radius 3 is 2.26 bits per heavy atom. The molecule has 4 rings (SSSR count). The second kappa shape index (κ2) is 10.5. The molecule has 0 aliphatic carbocycles. The lowest BCUT2D eigenvalue weighted by Gasteiger charge is -2.38. The van der Waals surface area contributed by atoms with Crippen molar-refractivity contribution < 1.29 is 28.1 Å². The lowest BCUT2D eigenvalue weighted by atomic mass is 9.88. The molecule has 2 amide bonds. The number of hydrogen-bond donors (Lipinski definition) is 1. The molecule has 0 saturated heterocycles. The normalized spacial score (nSPS) is 14.7. The van der Waals surface area contributed by atoms with E-state index in [0.717, 1.165) is 16.7 Å². The molecule has 0 aromatic heterocycles. The van der Waals surface area contributed by atoms with Crippen molar-refractivity contribution in [1.29, 1.82) is 0 Å². The molecule has 3 aromatic rings. The topological polar surface area (TPSA) is 69.3 Å². The van der Waals surface area contributed by atoms with E-state index >= 15 is 0 Å². The number of hydrogen-bond acceptors (Lipinski definition) is 5. The van der Waals surface area contributed by atoms with E-state index < -0.39 is 5.82 Å². The van der Waals surface area contributed by atoms with Crippen molar-refractivity contribution in [2.45, 2.75) is 18.9 Å². The fourth-order valence-electron chi connectivity index (χ4n) is 4.47. The number of rotatable bonds is 7. The van der Waals surface area contributed by atoms with Gasteiger partial charge in [0.15, 0.2) is 23.0 Å². The molecule has 8 heteroatoms. The van der Waals surface area contributed by atoms with E-state index in [0.29, 0.717) is 42.4 Å².